The number of imidazole rings is 1. The van der Waals surface area contributed by atoms with Crippen LogP contribution >= 0.6 is 0 Å². The average molecular weight is 590 g/mol. The predicted octanol–water partition coefficient (Wildman–Crippen LogP) is 5.31. The van der Waals surface area contributed by atoms with Gasteiger partial charge in [-0.05, 0) is 87.2 Å². The fraction of sp³-hybridized carbons (Fsp3) is 0.559. The van der Waals surface area contributed by atoms with Gasteiger partial charge in [0.15, 0.2) is 0 Å². The molecule has 1 aliphatic rings. The predicted molar refractivity (Wildman–Crippen MR) is 176 cm³/mol. The van der Waals surface area contributed by atoms with Crippen LogP contribution in [0, 0.1) is 11.8 Å². The number of rotatable bonds is 14. The summed E-state index contributed by atoms with van der Waals surface area (Å²) in [5, 5.41) is 6.15. The van der Waals surface area contributed by atoms with Gasteiger partial charge >= 0.3 is 0 Å². The third-order valence-corrected chi connectivity index (χ3v) is 8.32. The Labute approximate surface area is 257 Å². The standard InChI is InChI=1S/C34H51N7O2/c1-25(2)14-18-40(19-15-26(3)4)33(43)28-10-13-30-31(24-28)41(17-7-16-39-22-20-38(6)21-23-39)34(37-30)36-29-11-8-27(9-12-29)32(42)35-5/h8-13,24-26H,7,14-23H2,1-6H3,(H,35,42)(H,36,37). The van der Waals surface area contributed by atoms with Crippen molar-refractivity contribution in [3.05, 3.63) is 53.6 Å². The third-order valence-electron chi connectivity index (χ3n) is 8.32. The van der Waals surface area contributed by atoms with Gasteiger partial charge in [0.25, 0.3) is 11.8 Å². The molecule has 0 saturated carbocycles. The molecule has 1 aliphatic heterocycles. The maximum absolute atomic E-state index is 13.8. The Morgan fingerprint density at radius 2 is 1.51 bits per heavy atom. The highest BCUT2D eigenvalue weighted by Crippen LogP contribution is 2.26. The zero-order valence-electron chi connectivity index (χ0n) is 27.0. The van der Waals surface area contributed by atoms with Crippen LogP contribution in [0.1, 0.15) is 67.7 Å². The number of piperazine rings is 1. The van der Waals surface area contributed by atoms with E-state index in [1.807, 2.05) is 35.2 Å². The summed E-state index contributed by atoms with van der Waals surface area (Å²) in [6.45, 7) is 16.5. The molecule has 1 saturated heterocycles. The van der Waals surface area contributed by atoms with E-state index < -0.39 is 0 Å². The minimum absolute atomic E-state index is 0.0904. The number of likely N-dealkylation sites (N-methyl/N-ethyl adjacent to an activating group) is 1. The Hall–Kier alpha value is -3.43. The lowest BCUT2D eigenvalue weighted by Crippen LogP contribution is -2.44. The second-order valence-electron chi connectivity index (χ2n) is 12.7. The summed E-state index contributed by atoms with van der Waals surface area (Å²) < 4.78 is 2.21. The molecule has 43 heavy (non-hydrogen) atoms. The van der Waals surface area contributed by atoms with Crippen molar-refractivity contribution in [3.8, 4) is 0 Å². The minimum atomic E-state index is -0.115. The normalized spacial score (nSPS) is 14.5. The van der Waals surface area contributed by atoms with E-state index in [9.17, 15) is 9.59 Å². The smallest absolute Gasteiger partial charge is 0.253 e. The first-order valence-electron chi connectivity index (χ1n) is 15.9. The van der Waals surface area contributed by atoms with E-state index in [4.69, 9.17) is 4.98 Å². The summed E-state index contributed by atoms with van der Waals surface area (Å²) in [6.07, 6.45) is 2.96. The van der Waals surface area contributed by atoms with Crippen LogP contribution in [0.4, 0.5) is 11.6 Å². The van der Waals surface area contributed by atoms with Crippen LogP contribution in [0.2, 0.25) is 0 Å². The fourth-order valence-electron chi connectivity index (χ4n) is 5.41. The van der Waals surface area contributed by atoms with Crippen LogP contribution in [0.25, 0.3) is 11.0 Å². The maximum atomic E-state index is 13.8. The second kappa shape index (κ2) is 15.3. The molecule has 234 valence electrons. The van der Waals surface area contributed by atoms with Crippen LogP contribution in [0.15, 0.2) is 42.5 Å². The van der Waals surface area contributed by atoms with Gasteiger partial charge in [-0.3, -0.25) is 9.59 Å². The van der Waals surface area contributed by atoms with Gasteiger partial charge in [0.1, 0.15) is 0 Å². The zero-order chi connectivity index (χ0) is 30.9. The molecule has 9 nitrogen and oxygen atoms in total. The van der Waals surface area contributed by atoms with E-state index in [0.717, 1.165) is 94.3 Å². The van der Waals surface area contributed by atoms with Crippen molar-refractivity contribution in [1.82, 2.24) is 29.6 Å². The number of fused-ring (bicyclic) bond motifs is 1. The quantitative estimate of drug-likeness (QED) is 0.265. The number of hydrogen-bond donors (Lipinski definition) is 2. The summed E-state index contributed by atoms with van der Waals surface area (Å²) in [5.41, 5.74) is 3.99. The number of anilines is 2. The van der Waals surface area contributed by atoms with Gasteiger partial charge in [-0.25, -0.2) is 4.98 Å². The summed E-state index contributed by atoms with van der Waals surface area (Å²) in [5.74, 6) is 1.79. The molecular weight excluding hydrogens is 538 g/mol. The number of amides is 2. The van der Waals surface area contributed by atoms with E-state index in [0.29, 0.717) is 23.0 Å². The zero-order valence-corrected chi connectivity index (χ0v) is 27.0. The Morgan fingerprint density at radius 1 is 0.884 bits per heavy atom. The number of benzene rings is 2. The van der Waals surface area contributed by atoms with E-state index in [-0.39, 0.29) is 11.8 Å². The van der Waals surface area contributed by atoms with Crippen molar-refractivity contribution in [2.45, 2.75) is 53.5 Å². The number of carbonyl (C=O) groups is 2. The van der Waals surface area contributed by atoms with E-state index in [1.165, 1.54) is 0 Å². The van der Waals surface area contributed by atoms with Gasteiger partial charge in [-0.15, -0.1) is 0 Å². The molecule has 1 aromatic heterocycles. The van der Waals surface area contributed by atoms with Crippen LogP contribution in [-0.4, -0.2) is 96.0 Å². The van der Waals surface area contributed by atoms with Crippen LogP contribution in [-0.2, 0) is 6.54 Å². The Morgan fingerprint density at radius 3 is 2.12 bits per heavy atom. The van der Waals surface area contributed by atoms with Gasteiger partial charge in [0.05, 0.1) is 11.0 Å². The lowest BCUT2D eigenvalue weighted by atomic mass is 10.1. The lowest BCUT2D eigenvalue weighted by molar-refractivity contribution is 0.0740. The molecule has 3 aromatic rings. The SMILES string of the molecule is CNC(=O)c1ccc(Nc2nc3ccc(C(=O)N(CCC(C)C)CCC(C)C)cc3n2CCCN2CCN(C)CC2)cc1. The number of aryl methyl sites for hydroxylation is 1. The summed E-state index contributed by atoms with van der Waals surface area (Å²) in [6, 6.07) is 13.3. The molecule has 2 N–H and O–H groups in total. The number of aromatic nitrogens is 2. The first-order chi connectivity index (χ1) is 20.6. The van der Waals surface area contributed by atoms with Crippen LogP contribution < -0.4 is 10.6 Å². The van der Waals surface area contributed by atoms with Gasteiger partial charge in [0.2, 0.25) is 5.95 Å². The molecule has 0 unspecified atom stereocenters. The summed E-state index contributed by atoms with van der Waals surface area (Å²) in [7, 11) is 3.81. The molecular formula is C34H51N7O2. The van der Waals surface area contributed by atoms with Gasteiger partial charge in [-0.1, -0.05) is 27.7 Å². The van der Waals surface area contributed by atoms with Crippen molar-refractivity contribution < 1.29 is 9.59 Å². The van der Waals surface area contributed by atoms with Crippen molar-refractivity contribution in [2.24, 2.45) is 11.8 Å². The molecule has 0 atom stereocenters. The number of nitrogens with one attached hydrogen (secondary N) is 2. The highest BCUT2D eigenvalue weighted by atomic mass is 16.2. The van der Waals surface area contributed by atoms with E-state index in [2.05, 4.69) is 59.7 Å². The first-order valence-corrected chi connectivity index (χ1v) is 15.9. The Balaban J connectivity index is 1.61. The third kappa shape index (κ3) is 9.03. The molecule has 9 heteroatoms. The maximum Gasteiger partial charge on any atom is 0.253 e. The molecule has 2 amide bonds. The molecule has 0 radical (unpaired) electrons. The first kappa shape index (κ1) is 32.5. The van der Waals surface area contributed by atoms with Crippen LogP contribution in [0.5, 0.6) is 0 Å². The van der Waals surface area contributed by atoms with E-state index >= 15 is 0 Å². The topological polar surface area (TPSA) is 85.7 Å². The number of nitrogens with zero attached hydrogens (tertiary/aromatic N) is 5. The van der Waals surface area contributed by atoms with Crippen molar-refractivity contribution in [1.29, 1.82) is 0 Å². The minimum Gasteiger partial charge on any atom is -0.355 e. The average Bonchev–Trinajstić information content (AvgIpc) is 3.33. The molecule has 4 rings (SSSR count). The highest BCUT2D eigenvalue weighted by molar-refractivity contribution is 5.98. The van der Waals surface area contributed by atoms with Crippen molar-refractivity contribution in [2.75, 3.05) is 65.2 Å². The fourth-order valence-corrected chi connectivity index (χ4v) is 5.41. The monoisotopic (exact) mass is 589 g/mol. The van der Waals surface area contributed by atoms with Crippen molar-refractivity contribution >= 4 is 34.5 Å². The summed E-state index contributed by atoms with van der Waals surface area (Å²) in [4.78, 5) is 37.7. The molecule has 2 aromatic carbocycles. The number of hydrogen-bond acceptors (Lipinski definition) is 6. The lowest BCUT2D eigenvalue weighted by Gasteiger charge is -2.32. The largest absolute Gasteiger partial charge is 0.355 e. The highest BCUT2D eigenvalue weighted by Gasteiger charge is 2.20. The second-order valence-corrected chi connectivity index (χ2v) is 12.7. The molecule has 2 heterocycles. The molecule has 0 aliphatic carbocycles. The van der Waals surface area contributed by atoms with Gasteiger partial charge in [-0.2, -0.15) is 0 Å². The van der Waals surface area contributed by atoms with Gasteiger partial charge in [0, 0.05) is 69.7 Å². The Kier molecular flexibility index (Phi) is 11.6. The van der Waals surface area contributed by atoms with Crippen LogP contribution in [0.3, 0.4) is 0 Å². The molecule has 0 bridgehead atoms. The van der Waals surface area contributed by atoms with E-state index in [1.54, 1.807) is 19.2 Å². The molecule has 0 spiro atoms. The van der Waals surface area contributed by atoms with Gasteiger partial charge < -0.3 is 29.9 Å². The molecule has 1 fully saturated rings. The summed E-state index contributed by atoms with van der Waals surface area (Å²) >= 11 is 0. The number of carbonyl (C=O) groups excluding carboxylic acids is 2. The Bertz CT molecular complexity index is 1330. The van der Waals surface area contributed by atoms with Crippen molar-refractivity contribution in [3.63, 3.8) is 0 Å².